The highest BCUT2D eigenvalue weighted by atomic mass is 16.2. The van der Waals surface area contributed by atoms with Gasteiger partial charge in [0.2, 0.25) is 0 Å². The minimum Gasteiger partial charge on any atom is -0.350 e. The molecule has 8 heteroatoms. The van der Waals surface area contributed by atoms with Crippen LogP contribution in [-0.2, 0) is 6.54 Å². The summed E-state index contributed by atoms with van der Waals surface area (Å²) in [6.07, 6.45) is 8.81. The number of amides is 2. The van der Waals surface area contributed by atoms with Crippen LogP contribution in [0.1, 0.15) is 45.7 Å². The summed E-state index contributed by atoms with van der Waals surface area (Å²) in [5, 5.41) is 9.62. The van der Waals surface area contributed by atoms with Crippen LogP contribution in [0.25, 0.3) is 10.8 Å². The van der Waals surface area contributed by atoms with Gasteiger partial charge in [-0.3, -0.25) is 14.6 Å². The second kappa shape index (κ2) is 9.30. The molecular formula is C25H26N6O2. The zero-order valence-corrected chi connectivity index (χ0v) is 18.2. The van der Waals surface area contributed by atoms with E-state index in [0.717, 1.165) is 29.2 Å². The number of fused-ring (bicyclic) bond motifs is 1. The normalized spacial score (nSPS) is 15.2. The van der Waals surface area contributed by atoms with Gasteiger partial charge in [-0.1, -0.05) is 36.8 Å². The van der Waals surface area contributed by atoms with Gasteiger partial charge in [-0.15, -0.1) is 5.53 Å². The molecule has 3 aromatic rings. The quantitative estimate of drug-likeness (QED) is 0.448. The Bertz CT molecular complexity index is 1220. The summed E-state index contributed by atoms with van der Waals surface area (Å²) in [6, 6.07) is 15.0. The van der Waals surface area contributed by atoms with Gasteiger partial charge in [-0.05, 0) is 53.3 Å². The van der Waals surface area contributed by atoms with Gasteiger partial charge in [0.15, 0.2) is 5.69 Å². The minimum absolute atomic E-state index is 0.227. The maximum Gasteiger partial charge on any atom is 0.272 e. The van der Waals surface area contributed by atoms with Crippen molar-refractivity contribution in [3.05, 3.63) is 83.9 Å². The number of hydrogen-bond acceptors (Lipinski definition) is 6. The molecule has 2 aliphatic rings. The second-order valence-corrected chi connectivity index (χ2v) is 8.38. The van der Waals surface area contributed by atoms with Crippen molar-refractivity contribution >= 4 is 28.3 Å². The summed E-state index contributed by atoms with van der Waals surface area (Å²) in [7, 11) is 0. The number of benzene rings is 2. The first-order valence-corrected chi connectivity index (χ1v) is 11.2. The highest BCUT2D eigenvalue weighted by molar-refractivity contribution is 6.15. The van der Waals surface area contributed by atoms with E-state index in [9.17, 15) is 9.59 Å². The monoisotopic (exact) mass is 442 g/mol. The maximum absolute atomic E-state index is 13.3. The number of hydrazine groups is 2. The van der Waals surface area contributed by atoms with Crippen molar-refractivity contribution < 1.29 is 9.59 Å². The Morgan fingerprint density at radius 2 is 1.88 bits per heavy atom. The second-order valence-electron chi connectivity index (χ2n) is 8.38. The van der Waals surface area contributed by atoms with E-state index in [0.29, 0.717) is 30.3 Å². The smallest absolute Gasteiger partial charge is 0.272 e. The number of pyridine rings is 1. The van der Waals surface area contributed by atoms with Crippen LogP contribution < -0.4 is 21.6 Å². The van der Waals surface area contributed by atoms with Gasteiger partial charge in [0.25, 0.3) is 11.8 Å². The third-order valence-electron chi connectivity index (χ3n) is 6.19. The fourth-order valence-corrected chi connectivity index (χ4v) is 4.15. The fraction of sp³-hybridized carbons (Fsp3) is 0.240. The predicted octanol–water partition coefficient (Wildman–Crippen LogP) is 3.31. The molecule has 0 bridgehead atoms. The number of anilines is 1. The van der Waals surface area contributed by atoms with Crippen LogP contribution in [0.4, 0.5) is 5.69 Å². The number of hydrogen-bond donors (Lipinski definition) is 4. The van der Waals surface area contributed by atoms with E-state index >= 15 is 0 Å². The van der Waals surface area contributed by atoms with Gasteiger partial charge < -0.3 is 16.1 Å². The summed E-state index contributed by atoms with van der Waals surface area (Å²) < 4.78 is 0. The third kappa shape index (κ3) is 4.51. The van der Waals surface area contributed by atoms with E-state index < -0.39 is 0 Å². The lowest BCUT2D eigenvalue weighted by Crippen LogP contribution is -2.34. The van der Waals surface area contributed by atoms with Crippen LogP contribution in [0, 0.1) is 5.92 Å². The van der Waals surface area contributed by atoms with Gasteiger partial charge in [0.1, 0.15) is 0 Å². The Hall–Kier alpha value is -3.91. The number of carbonyl (C=O) groups excluding carboxylic acids is 2. The first-order valence-electron chi connectivity index (χ1n) is 11.2. The molecule has 2 heterocycles. The molecule has 0 radical (unpaired) electrons. The number of carbonyl (C=O) groups is 2. The van der Waals surface area contributed by atoms with E-state index in [1.807, 2.05) is 53.8 Å². The summed E-state index contributed by atoms with van der Waals surface area (Å²) >= 11 is 0. The van der Waals surface area contributed by atoms with Crippen LogP contribution in [-0.4, -0.2) is 28.4 Å². The molecule has 1 aliphatic carbocycles. The summed E-state index contributed by atoms with van der Waals surface area (Å²) in [5.41, 5.74) is 8.21. The molecule has 0 saturated heterocycles. The zero-order valence-electron chi connectivity index (χ0n) is 18.2. The van der Waals surface area contributed by atoms with Gasteiger partial charge in [-0.25, -0.2) is 4.98 Å². The molecule has 0 unspecified atom stereocenters. The third-order valence-corrected chi connectivity index (χ3v) is 6.19. The van der Waals surface area contributed by atoms with Crippen LogP contribution in [0.3, 0.4) is 0 Å². The molecule has 1 fully saturated rings. The average Bonchev–Trinajstić information content (AvgIpc) is 3.31. The number of nitrogens with one attached hydrogen (secondary N) is 4. The highest BCUT2D eigenvalue weighted by Gasteiger charge is 2.21. The number of rotatable bonds is 7. The van der Waals surface area contributed by atoms with Gasteiger partial charge >= 0.3 is 0 Å². The molecule has 33 heavy (non-hydrogen) atoms. The SMILES string of the molecule is O=C(NCC1CCC1)c1ncccc1NC(=O)c1ccc(CN2C=CNN2)c2ccccc12. The number of aromatic nitrogens is 1. The molecule has 0 spiro atoms. The van der Waals surface area contributed by atoms with Crippen molar-refractivity contribution in [3.8, 4) is 0 Å². The number of nitrogens with zero attached hydrogens (tertiary/aromatic N) is 2. The molecule has 1 saturated carbocycles. The Kier molecular flexibility index (Phi) is 5.91. The van der Waals surface area contributed by atoms with E-state index in [1.54, 1.807) is 18.3 Å². The Labute approximate surface area is 192 Å². The Morgan fingerprint density at radius 1 is 1.03 bits per heavy atom. The average molecular weight is 443 g/mol. The molecule has 1 aromatic heterocycles. The largest absolute Gasteiger partial charge is 0.350 e. The van der Waals surface area contributed by atoms with E-state index in [2.05, 4.69) is 26.6 Å². The van der Waals surface area contributed by atoms with Gasteiger partial charge in [0, 0.05) is 30.7 Å². The predicted molar refractivity (Wildman–Crippen MR) is 127 cm³/mol. The van der Waals surface area contributed by atoms with Crippen molar-refractivity contribution in [3.63, 3.8) is 0 Å². The zero-order chi connectivity index (χ0) is 22.6. The lowest BCUT2D eigenvalue weighted by atomic mass is 9.85. The molecule has 2 aromatic carbocycles. The van der Waals surface area contributed by atoms with Crippen LogP contribution in [0.2, 0.25) is 0 Å². The Balaban J connectivity index is 1.37. The lowest BCUT2D eigenvalue weighted by molar-refractivity contribution is 0.0935. The molecule has 168 valence electrons. The van der Waals surface area contributed by atoms with Gasteiger partial charge in [-0.2, -0.15) is 0 Å². The topological polar surface area (TPSA) is 98.4 Å². The van der Waals surface area contributed by atoms with Gasteiger partial charge in [0.05, 0.1) is 12.2 Å². The Morgan fingerprint density at radius 3 is 2.64 bits per heavy atom. The van der Waals surface area contributed by atoms with Crippen LogP contribution >= 0.6 is 0 Å². The van der Waals surface area contributed by atoms with Crippen LogP contribution in [0.15, 0.2) is 67.1 Å². The summed E-state index contributed by atoms with van der Waals surface area (Å²) in [4.78, 5) is 30.2. The van der Waals surface area contributed by atoms with Crippen LogP contribution in [0.5, 0.6) is 0 Å². The molecule has 4 N–H and O–H groups in total. The summed E-state index contributed by atoms with van der Waals surface area (Å²) in [6.45, 7) is 1.28. The maximum atomic E-state index is 13.3. The molecule has 8 nitrogen and oxygen atoms in total. The fourth-order valence-electron chi connectivity index (χ4n) is 4.15. The highest BCUT2D eigenvalue weighted by Crippen LogP contribution is 2.27. The molecule has 5 rings (SSSR count). The molecular weight excluding hydrogens is 416 g/mol. The molecule has 0 atom stereocenters. The minimum atomic E-state index is -0.278. The standard InChI is InChI=1S/C25H26N6O2/c32-24(29-22-9-4-12-26-23(22)25(33)27-15-17-5-3-6-17)21-11-10-18(16-31-14-13-28-30-31)19-7-1-2-8-20(19)21/h1-2,4,7-14,17,28,30H,3,5-6,15-16H2,(H,27,33)(H,29,32). The van der Waals surface area contributed by atoms with Crippen molar-refractivity contribution in [2.45, 2.75) is 25.8 Å². The first-order chi connectivity index (χ1) is 16.2. The molecule has 2 amide bonds. The van der Waals surface area contributed by atoms with Crippen molar-refractivity contribution in [1.82, 2.24) is 26.3 Å². The van der Waals surface area contributed by atoms with E-state index in [1.165, 1.54) is 6.42 Å². The lowest BCUT2D eigenvalue weighted by Gasteiger charge is -2.25. The molecule has 1 aliphatic heterocycles. The van der Waals surface area contributed by atoms with Crippen molar-refractivity contribution in [2.75, 3.05) is 11.9 Å². The van der Waals surface area contributed by atoms with Crippen molar-refractivity contribution in [2.24, 2.45) is 5.92 Å². The first kappa shape index (κ1) is 21.0. The van der Waals surface area contributed by atoms with Crippen molar-refractivity contribution in [1.29, 1.82) is 0 Å². The van der Waals surface area contributed by atoms with E-state index in [4.69, 9.17) is 0 Å². The van der Waals surface area contributed by atoms with E-state index in [-0.39, 0.29) is 17.5 Å². The summed E-state index contributed by atoms with van der Waals surface area (Å²) in [5.74, 6) is 0.0000462.